The number of rotatable bonds is 6. The van der Waals surface area contributed by atoms with Gasteiger partial charge < -0.3 is 19.5 Å². The Morgan fingerprint density at radius 2 is 2.38 bits per heavy atom. The fourth-order valence-electron chi connectivity index (χ4n) is 3.62. The fraction of sp³-hybridized carbons (Fsp3) is 0.733. The monoisotopic (exact) mass is 295 g/mol. The van der Waals surface area contributed by atoms with Gasteiger partial charge in [0.15, 0.2) is 0 Å². The van der Waals surface area contributed by atoms with Crippen LogP contribution in [0.25, 0.3) is 0 Å². The van der Waals surface area contributed by atoms with Crippen molar-refractivity contribution in [1.82, 2.24) is 4.90 Å². The lowest BCUT2D eigenvalue weighted by Gasteiger charge is -2.21. The lowest BCUT2D eigenvalue weighted by atomic mass is 9.77. The number of ether oxygens (including phenoxy) is 2. The molecule has 3 heterocycles. The highest BCUT2D eigenvalue weighted by atomic mass is 16.5. The van der Waals surface area contributed by atoms with Crippen LogP contribution in [0.3, 0.4) is 0 Å². The van der Waals surface area contributed by atoms with E-state index in [1.807, 2.05) is 19.9 Å². The van der Waals surface area contributed by atoms with Crippen molar-refractivity contribution >= 4 is 11.9 Å². The van der Waals surface area contributed by atoms with E-state index >= 15 is 0 Å². The van der Waals surface area contributed by atoms with Crippen molar-refractivity contribution in [3.8, 4) is 0 Å². The number of carbonyl (C=O) groups excluding carboxylic acids is 1. The van der Waals surface area contributed by atoms with E-state index in [-0.39, 0.29) is 12.0 Å². The molecule has 6 heteroatoms. The Hall–Kier alpha value is -1.40. The van der Waals surface area contributed by atoms with Crippen LogP contribution in [0.2, 0.25) is 0 Å². The number of amides is 1. The minimum absolute atomic E-state index is 0.0983. The molecule has 6 nitrogen and oxygen atoms in total. The summed E-state index contributed by atoms with van der Waals surface area (Å²) >= 11 is 0. The molecule has 0 unspecified atom stereocenters. The van der Waals surface area contributed by atoms with Gasteiger partial charge in [-0.1, -0.05) is 12.2 Å². The number of fused-ring (bicyclic) bond motifs is 1. The zero-order chi connectivity index (χ0) is 15.2. The molecule has 2 fully saturated rings. The Bertz CT molecular complexity index is 488. The molecule has 116 valence electrons. The standard InChI is InChI=1S/C15H21NO5/c1-9(2)20-7-3-6-16-8-15-5-4-10(21-15)11(14(18)19)12(15)13(16)17/h4-5,9-12H,3,6-8H2,1-2H3,(H,18,19)/t10-,11-,12-,15-/m0/s1. The van der Waals surface area contributed by atoms with E-state index in [4.69, 9.17) is 9.47 Å². The molecule has 0 aromatic rings. The Kier molecular flexibility index (Phi) is 3.53. The van der Waals surface area contributed by atoms with Crippen molar-refractivity contribution < 1.29 is 24.2 Å². The molecule has 1 amide bonds. The van der Waals surface area contributed by atoms with Crippen molar-refractivity contribution in [2.24, 2.45) is 11.8 Å². The quantitative estimate of drug-likeness (QED) is 0.576. The first kappa shape index (κ1) is 14.5. The number of likely N-dealkylation sites (tertiary alicyclic amines) is 1. The molecule has 1 spiro atoms. The number of carbonyl (C=O) groups is 2. The van der Waals surface area contributed by atoms with Crippen molar-refractivity contribution in [3.05, 3.63) is 12.2 Å². The van der Waals surface area contributed by atoms with Crippen LogP contribution in [0, 0.1) is 11.8 Å². The van der Waals surface area contributed by atoms with Crippen LogP contribution >= 0.6 is 0 Å². The number of hydrogen-bond donors (Lipinski definition) is 1. The molecule has 1 N–H and O–H groups in total. The summed E-state index contributed by atoms with van der Waals surface area (Å²) in [6.45, 7) is 5.58. The maximum absolute atomic E-state index is 12.5. The molecule has 2 bridgehead atoms. The third-order valence-electron chi connectivity index (χ3n) is 4.49. The van der Waals surface area contributed by atoms with Gasteiger partial charge in [-0.25, -0.2) is 0 Å². The zero-order valence-corrected chi connectivity index (χ0v) is 12.3. The predicted molar refractivity (Wildman–Crippen MR) is 73.6 cm³/mol. The van der Waals surface area contributed by atoms with Crippen molar-refractivity contribution in [3.63, 3.8) is 0 Å². The van der Waals surface area contributed by atoms with Gasteiger partial charge in [-0.05, 0) is 20.3 Å². The second-order valence-corrected chi connectivity index (χ2v) is 6.27. The van der Waals surface area contributed by atoms with Crippen LogP contribution in [0.15, 0.2) is 12.2 Å². The molecule has 4 atom stereocenters. The Morgan fingerprint density at radius 1 is 1.62 bits per heavy atom. The summed E-state index contributed by atoms with van der Waals surface area (Å²) in [4.78, 5) is 25.7. The van der Waals surface area contributed by atoms with Crippen LogP contribution in [-0.2, 0) is 19.1 Å². The third kappa shape index (κ3) is 2.26. The van der Waals surface area contributed by atoms with Crippen LogP contribution in [0.1, 0.15) is 20.3 Å². The van der Waals surface area contributed by atoms with Gasteiger partial charge in [-0.3, -0.25) is 9.59 Å². The van der Waals surface area contributed by atoms with Crippen molar-refractivity contribution in [2.75, 3.05) is 19.7 Å². The number of nitrogens with zero attached hydrogens (tertiary/aromatic N) is 1. The summed E-state index contributed by atoms with van der Waals surface area (Å²) in [7, 11) is 0. The Labute approximate surface area is 123 Å². The van der Waals surface area contributed by atoms with Gasteiger partial charge in [0.1, 0.15) is 11.5 Å². The number of carboxylic acid groups (broad SMARTS) is 1. The minimum Gasteiger partial charge on any atom is -0.481 e. The maximum atomic E-state index is 12.5. The molecule has 0 aliphatic carbocycles. The molecule has 0 radical (unpaired) electrons. The normalized spacial score (nSPS) is 36.8. The second kappa shape index (κ2) is 5.10. The summed E-state index contributed by atoms with van der Waals surface area (Å²) in [5.74, 6) is -2.37. The summed E-state index contributed by atoms with van der Waals surface area (Å²) in [5.41, 5.74) is -0.719. The van der Waals surface area contributed by atoms with E-state index in [0.717, 1.165) is 6.42 Å². The van der Waals surface area contributed by atoms with Gasteiger partial charge in [0.2, 0.25) is 5.91 Å². The lowest BCUT2D eigenvalue weighted by Crippen LogP contribution is -2.39. The Morgan fingerprint density at radius 3 is 3.05 bits per heavy atom. The summed E-state index contributed by atoms with van der Waals surface area (Å²) in [5, 5.41) is 9.35. The smallest absolute Gasteiger partial charge is 0.310 e. The molecule has 2 saturated heterocycles. The number of aliphatic carboxylic acids is 1. The summed E-state index contributed by atoms with van der Waals surface area (Å²) in [6.07, 6.45) is 4.13. The van der Waals surface area contributed by atoms with Gasteiger partial charge in [0.25, 0.3) is 0 Å². The molecule has 3 aliphatic rings. The molecule has 3 aliphatic heterocycles. The first-order chi connectivity index (χ1) is 9.94. The predicted octanol–water partition coefficient (Wildman–Crippen LogP) is 0.668. The van der Waals surface area contributed by atoms with Crippen molar-refractivity contribution in [1.29, 1.82) is 0 Å². The second-order valence-electron chi connectivity index (χ2n) is 6.27. The fourth-order valence-corrected chi connectivity index (χ4v) is 3.62. The van der Waals surface area contributed by atoms with E-state index in [1.54, 1.807) is 11.0 Å². The SMILES string of the molecule is CC(C)OCCCN1C[C@]23C=C[C@H](O2)[C@H](C(=O)O)[C@H]3C1=O. The molecule has 0 aromatic heterocycles. The van der Waals surface area contributed by atoms with E-state index in [1.165, 1.54) is 0 Å². The van der Waals surface area contributed by atoms with E-state index in [9.17, 15) is 14.7 Å². The number of hydrogen-bond acceptors (Lipinski definition) is 4. The van der Waals surface area contributed by atoms with Crippen LogP contribution in [0.4, 0.5) is 0 Å². The summed E-state index contributed by atoms with van der Waals surface area (Å²) < 4.78 is 11.3. The summed E-state index contributed by atoms with van der Waals surface area (Å²) in [6, 6.07) is 0. The topological polar surface area (TPSA) is 76.1 Å². The minimum atomic E-state index is -0.949. The third-order valence-corrected chi connectivity index (χ3v) is 4.49. The van der Waals surface area contributed by atoms with Crippen molar-refractivity contribution in [2.45, 2.75) is 38.1 Å². The maximum Gasteiger partial charge on any atom is 0.310 e. The van der Waals surface area contributed by atoms with E-state index < -0.39 is 29.5 Å². The number of carboxylic acids is 1. The highest BCUT2D eigenvalue weighted by Gasteiger charge is 2.66. The van der Waals surface area contributed by atoms with Crippen LogP contribution in [0.5, 0.6) is 0 Å². The molecular weight excluding hydrogens is 274 g/mol. The van der Waals surface area contributed by atoms with Crippen LogP contribution < -0.4 is 0 Å². The largest absolute Gasteiger partial charge is 0.481 e. The molecule has 3 rings (SSSR count). The average molecular weight is 295 g/mol. The molecule has 0 saturated carbocycles. The van der Waals surface area contributed by atoms with Gasteiger partial charge >= 0.3 is 5.97 Å². The molecular formula is C15H21NO5. The van der Waals surface area contributed by atoms with Gasteiger partial charge in [-0.15, -0.1) is 0 Å². The van der Waals surface area contributed by atoms with E-state index in [2.05, 4.69) is 0 Å². The zero-order valence-electron chi connectivity index (χ0n) is 12.3. The van der Waals surface area contributed by atoms with E-state index in [0.29, 0.717) is 19.7 Å². The first-order valence-corrected chi connectivity index (χ1v) is 7.45. The Balaban J connectivity index is 1.65. The van der Waals surface area contributed by atoms with Gasteiger partial charge in [0.05, 0.1) is 24.7 Å². The molecule has 0 aromatic carbocycles. The lowest BCUT2D eigenvalue weighted by molar-refractivity contribution is -0.148. The van der Waals surface area contributed by atoms with Gasteiger partial charge in [-0.2, -0.15) is 0 Å². The molecule has 21 heavy (non-hydrogen) atoms. The average Bonchev–Trinajstić information content (AvgIpc) is 3.03. The highest BCUT2D eigenvalue weighted by Crippen LogP contribution is 2.51. The highest BCUT2D eigenvalue weighted by molar-refractivity contribution is 5.90. The van der Waals surface area contributed by atoms with Gasteiger partial charge in [0, 0.05) is 13.2 Å². The van der Waals surface area contributed by atoms with Crippen LogP contribution in [-0.4, -0.2) is 59.4 Å². The first-order valence-electron chi connectivity index (χ1n) is 7.45.